The van der Waals surface area contributed by atoms with Crippen LogP contribution in [0.25, 0.3) is 0 Å². The fraction of sp³-hybridized carbons (Fsp3) is 0.818. The molecule has 0 fully saturated rings. The molecule has 0 aromatic heterocycles. The Hall–Kier alpha value is -0.860. The van der Waals surface area contributed by atoms with Gasteiger partial charge in [-0.1, -0.05) is 20.8 Å². The lowest BCUT2D eigenvalue weighted by molar-refractivity contribution is -0.138. The number of amides is 1. The topological polar surface area (TPSA) is 37.4 Å². The number of nitrogens with zero attached hydrogens (tertiary/aromatic N) is 1. The van der Waals surface area contributed by atoms with Gasteiger partial charge in [-0.25, -0.2) is 0 Å². The van der Waals surface area contributed by atoms with Gasteiger partial charge in [-0.15, -0.1) is 0 Å². The highest BCUT2D eigenvalue weighted by Gasteiger charge is 2.24. The van der Waals surface area contributed by atoms with Crippen molar-refractivity contribution in [1.82, 2.24) is 4.90 Å². The molecule has 14 heavy (non-hydrogen) atoms. The maximum absolute atomic E-state index is 11.7. The highest BCUT2D eigenvalue weighted by molar-refractivity contribution is 5.81. The molecule has 0 aliphatic rings. The van der Waals surface area contributed by atoms with Crippen LogP contribution in [0.15, 0.2) is 0 Å². The van der Waals surface area contributed by atoms with Gasteiger partial charge in [0.25, 0.3) is 0 Å². The van der Waals surface area contributed by atoms with Crippen LogP contribution in [0.1, 0.15) is 40.5 Å². The summed E-state index contributed by atoms with van der Waals surface area (Å²) in [4.78, 5) is 24.1. The van der Waals surface area contributed by atoms with Gasteiger partial charge in [-0.2, -0.15) is 0 Å². The van der Waals surface area contributed by atoms with Crippen molar-refractivity contribution in [3.8, 4) is 0 Å². The molecule has 0 N–H and O–H groups in total. The van der Waals surface area contributed by atoms with Gasteiger partial charge in [-0.3, -0.25) is 4.79 Å². The van der Waals surface area contributed by atoms with Gasteiger partial charge >= 0.3 is 0 Å². The van der Waals surface area contributed by atoms with Crippen LogP contribution in [0.3, 0.4) is 0 Å². The van der Waals surface area contributed by atoms with E-state index in [-0.39, 0.29) is 17.1 Å². The van der Waals surface area contributed by atoms with E-state index in [0.29, 0.717) is 13.0 Å². The van der Waals surface area contributed by atoms with Crippen LogP contribution in [0.2, 0.25) is 0 Å². The minimum absolute atomic E-state index is 0.126. The third kappa shape index (κ3) is 5.00. The molecule has 0 saturated heterocycles. The Morgan fingerprint density at radius 3 is 2.07 bits per heavy atom. The smallest absolute Gasteiger partial charge is 0.227 e. The summed E-state index contributed by atoms with van der Waals surface area (Å²) in [7, 11) is 1.79. The number of carbonyl (C=O) groups excluding carboxylic acids is 2. The Balaban J connectivity index is 3.91. The SMILES string of the molecule is CC(=O)CCCN(C)C(=O)C(C)(C)C. The minimum Gasteiger partial charge on any atom is -0.345 e. The van der Waals surface area contributed by atoms with E-state index in [4.69, 9.17) is 0 Å². The summed E-state index contributed by atoms with van der Waals surface area (Å²) >= 11 is 0. The van der Waals surface area contributed by atoms with E-state index < -0.39 is 0 Å². The summed E-state index contributed by atoms with van der Waals surface area (Å²) in [6.45, 7) is 7.94. The Labute approximate surface area is 86.5 Å². The first-order valence-corrected chi connectivity index (χ1v) is 5.00. The third-order valence-corrected chi connectivity index (χ3v) is 2.01. The molecule has 0 bridgehead atoms. The van der Waals surface area contributed by atoms with Crippen molar-refractivity contribution in [2.24, 2.45) is 5.41 Å². The van der Waals surface area contributed by atoms with E-state index in [1.807, 2.05) is 20.8 Å². The van der Waals surface area contributed by atoms with Crippen molar-refractivity contribution in [3.63, 3.8) is 0 Å². The van der Waals surface area contributed by atoms with Crippen LogP contribution in [0.5, 0.6) is 0 Å². The molecule has 82 valence electrons. The molecule has 0 atom stereocenters. The van der Waals surface area contributed by atoms with Crippen molar-refractivity contribution in [1.29, 1.82) is 0 Å². The summed E-state index contributed by atoms with van der Waals surface area (Å²) in [6.07, 6.45) is 1.31. The van der Waals surface area contributed by atoms with E-state index in [1.54, 1.807) is 18.9 Å². The maximum Gasteiger partial charge on any atom is 0.227 e. The number of rotatable bonds is 4. The van der Waals surface area contributed by atoms with Crippen LogP contribution < -0.4 is 0 Å². The van der Waals surface area contributed by atoms with Gasteiger partial charge in [0.2, 0.25) is 5.91 Å². The quantitative estimate of drug-likeness (QED) is 0.693. The maximum atomic E-state index is 11.7. The van der Waals surface area contributed by atoms with Crippen molar-refractivity contribution < 1.29 is 9.59 Å². The first-order chi connectivity index (χ1) is 6.25. The molecular weight excluding hydrogens is 178 g/mol. The molecule has 1 amide bonds. The molecule has 0 heterocycles. The Bertz CT molecular complexity index is 216. The summed E-state index contributed by atoms with van der Waals surface area (Å²) in [5.41, 5.74) is -0.328. The summed E-state index contributed by atoms with van der Waals surface area (Å²) < 4.78 is 0. The molecule has 0 saturated carbocycles. The second kappa shape index (κ2) is 5.13. The lowest BCUT2D eigenvalue weighted by Crippen LogP contribution is -2.37. The highest BCUT2D eigenvalue weighted by atomic mass is 16.2. The molecule has 0 aliphatic heterocycles. The Morgan fingerprint density at radius 2 is 1.71 bits per heavy atom. The summed E-state index contributed by atoms with van der Waals surface area (Å²) in [5.74, 6) is 0.308. The average molecular weight is 199 g/mol. The fourth-order valence-corrected chi connectivity index (χ4v) is 1.24. The van der Waals surface area contributed by atoms with Gasteiger partial charge in [0.15, 0.2) is 0 Å². The molecule has 0 radical (unpaired) electrons. The second-order valence-corrected chi connectivity index (χ2v) is 4.78. The number of hydrogen-bond acceptors (Lipinski definition) is 2. The van der Waals surface area contributed by atoms with Crippen molar-refractivity contribution in [2.75, 3.05) is 13.6 Å². The lowest BCUT2D eigenvalue weighted by Gasteiger charge is -2.25. The molecule has 0 aliphatic carbocycles. The molecule has 3 nitrogen and oxygen atoms in total. The average Bonchev–Trinajstić information content (AvgIpc) is 2.00. The zero-order valence-corrected chi connectivity index (χ0v) is 9.89. The minimum atomic E-state index is -0.328. The van der Waals surface area contributed by atoms with Crippen molar-refractivity contribution in [3.05, 3.63) is 0 Å². The van der Waals surface area contributed by atoms with Crippen molar-refractivity contribution in [2.45, 2.75) is 40.5 Å². The van der Waals surface area contributed by atoms with Gasteiger partial charge in [0.05, 0.1) is 0 Å². The predicted octanol–water partition coefficient (Wildman–Crippen LogP) is 1.86. The third-order valence-electron chi connectivity index (χ3n) is 2.01. The molecule has 0 aromatic rings. The number of carbonyl (C=O) groups is 2. The zero-order chi connectivity index (χ0) is 11.4. The summed E-state index contributed by atoms with van der Waals surface area (Å²) in [5, 5.41) is 0. The van der Waals surface area contributed by atoms with Gasteiger partial charge in [0, 0.05) is 25.4 Å². The number of hydrogen-bond donors (Lipinski definition) is 0. The first kappa shape index (κ1) is 13.1. The van der Waals surface area contributed by atoms with Crippen LogP contribution in [0.4, 0.5) is 0 Å². The van der Waals surface area contributed by atoms with Crippen LogP contribution in [-0.4, -0.2) is 30.2 Å². The normalized spacial score (nSPS) is 11.2. The largest absolute Gasteiger partial charge is 0.345 e. The van der Waals surface area contributed by atoms with E-state index in [2.05, 4.69) is 0 Å². The standard InChI is InChI=1S/C11H21NO2/c1-9(13)7-6-8-12(5)10(14)11(2,3)4/h6-8H2,1-5H3. The Kier molecular flexibility index (Phi) is 4.81. The number of Topliss-reactive ketones (excluding diaryl/α,β-unsaturated/α-hetero) is 1. The van der Waals surface area contributed by atoms with Crippen LogP contribution in [-0.2, 0) is 9.59 Å². The zero-order valence-electron chi connectivity index (χ0n) is 9.89. The van der Waals surface area contributed by atoms with Crippen LogP contribution >= 0.6 is 0 Å². The number of ketones is 1. The molecule has 0 rings (SSSR count). The summed E-state index contributed by atoms with van der Waals surface area (Å²) in [6, 6.07) is 0. The lowest BCUT2D eigenvalue weighted by atomic mass is 9.95. The molecule has 3 heteroatoms. The van der Waals surface area contributed by atoms with Gasteiger partial charge in [-0.05, 0) is 13.3 Å². The van der Waals surface area contributed by atoms with Crippen LogP contribution in [0, 0.1) is 5.41 Å². The molecular formula is C11H21NO2. The van der Waals surface area contributed by atoms with E-state index >= 15 is 0 Å². The first-order valence-electron chi connectivity index (χ1n) is 5.00. The van der Waals surface area contributed by atoms with Gasteiger partial charge < -0.3 is 9.69 Å². The monoisotopic (exact) mass is 199 g/mol. The predicted molar refractivity (Wildman–Crippen MR) is 57.0 cm³/mol. The highest BCUT2D eigenvalue weighted by Crippen LogP contribution is 2.16. The van der Waals surface area contributed by atoms with E-state index in [0.717, 1.165) is 6.42 Å². The van der Waals surface area contributed by atoms with Gasteiger partial charge in [0.1, 0.15) is 5.78 Å². The Morgan fingerprint density at radius 1 is 1.21 bits per heavy atom. The van der Waals surface area contributed by atoms with E-state index in [9.17, 15) is 9.59 Å². The van der Waals surface area contributed by atoms with Crippen molar-refractivity contribution >= 4 is 11.7 Å². The fourth-order valence-electron chi connectivity index (χ4n) is 1.24. The second-order valence-electron chi connectivity index (χ2n) is 4.78. The van der Waals surface area contributed by atoms with E-state index in [1.165, 1.54) is 0 Å². The molecule has 0 aromatic carbocycles. The molecule has 0 spiro atoms. The molecule has 0 unspecified atom stereocenters.